The topological polar surface area (TPSA) is 223 Å². The summed E-state index contributed by atoms with van der Waals surface area (Å²) in [5, 5.41) is 36.4. The molecule has 0 saturated carbocycles. The quantitative estimate of drug-likeness (QED) is 0.0636. The van der Waals surface area contributed by atoms with Crippen molar-refractivity contribution in [3.63, 3.8) is 0 Å². The number of amides is 3. The largest absolute Gasteiger partial charge is 0.490 e. The normalized spacial score (nSPS) is 17.1. The molecule has 17 nitrogen and oxygen atoms in total. The molecule has 3 aromatic carbocycles. The van der Waals surface area contributed by atoms with E-state index < -0.39 is 53.3 Å². The molecule has 0 aliphatic carbocycles. The number of methoxy groups -OCH3 is 1. The predicted octanol–water partition coefficient (Wildman–Crippen LogP) is 7.45. The fourth-order valence-electron chi connectivity index (χ4n) is 9.10. The Labute approximate surface area is 432 Å². The molecule has 0 bridgehead atoms. The Bertz CT molecular complexity index is 3110. The number of thiazole rings is 1. The standard InChI is InChI=1S/C54H59N9O8S2/c1-29-32(4)73-53-46(29)47(58-41(24-45(66)69-9)50-61-60-33(5)63(50)53)36-14-12-35(13-15-36)38-18-19-43(39(22-38)25-55)71-21-20-70-27-44(65)59-49(54(6,7)8)52(68)62-26-40(64)23-42(62)51(67)57-30(2)34-10-16-37(17-11-34)48-31(3)56-28-72-48/h10-19,22,28,30,40-42,49,64H,20-21,23-24,26-27H2,1-9H3,(H,57,67)(H,59,65)/t30-,40+,41-,42-,49+/m0/s1. The fraction of sp³-hybridized carbons (Fsp3) is 0.389. The van der Waals surface area contributed by atoms with Crippen molar-refractivity contribution in [3.8, 4) is 38.4 Å². The van der Waals surface area contributed by atoms with Crippen LogP contribution in [0.4, 0.5) is 0 Å². The molecule has 3 amide bonds. The first kappa shape index (κ1) is 52.2. The lowest BCUT2D eigenvalue weighted by Crippen LogP contribution is -2.58. The van der Waals surface area contributed by atoms with Gasteiger partial charge in [-0.05, 0) is 80.0 Å². The Balaban J connectivity index is 0.859. The summed E-state index contributed by atoms with van der Waals surface area (Å²) in [4.78, 5) is 66.8. The van der Waals surface area contributed by atoms with Gasteiger partial charge in [-0.2, -0.15) is 5.26 Å². The Kier molecular flexibility index (Phi) is 15.7. The zero-order chi connectivity index (χ0) is 52.3. The number of aliphatic hydroxyl groups is 1. The summed E-state index contributed by atoms with van der Waals surface area (Å²) < 4.78 is 18.6. The van der Waals surface area contributed by atoms with E-state index >= 15 is 0 Å². The van der Waals surface area contributed by atoms with Crippen molar-refractivity contribution < 1.29 is 38.5 Å². The fourth-order valence-corrected chi connectivity index (χ4v) is 11.1. The average molecular weight is 1030 g/mol. The third kappa shape index (κ3) is 11.3. The lowest BCUT2D eigenvalue weighted by atomic mass is 9.85. The number of aliphatic hydroxyl groups excluding tert-OH is 1. The maximum Gasteiger partial charge on any atom is 0.308 e. The van der Waals surface area contributed by atoms with Gasteiger partial charge in [-0.3, -0.25) is 28.7 Å². The van der Waals surface area contributed by atoms with Crippen LogP contribution in [0, 0.1) is 44.4 Å². The molecular weight excluding hydrogens is 967 g/mol. The Hall–Kier alpha value is -7.11. The monoisotopic (exact) mass is 1030 g/mol. The number of nitriles is 1. The number of fused-ring (bicyclic) bond motifs is 3. The first-order valence-electron chi connectivity index (χ1n) is 24.0. The summed E-state index contributed by atoms with van der Waals surface area (Å²) in [6.07, 6.45) is -0.850. The molecule has 2 aliphatic rings. The van der Waals surface area contributed by atoms with Crippen molar-refractivity contribution in [1.82, 2.24) is 35.3 Å². The number of thiophene rings is 1. The van der Waals surface area contributed by atoms with Gasteiger partial charge >= 0.3 is 5.97 Å². The first-order chi connectivity index (χ1) is 34.9. The number of aryl methyl sites for hydroxylation is 3. The number of aromatic nitrogens is 4. The van der Waals surface area contributed by atoms with Crippen LogP contribution in [-0.4, -0.2) is 111 Å². The van der Waals surface area contributed by atoms with Gasteiger partial charge in [0.25, 0.3) is 0 Å². The van der Waals surface area contributed by atoms with E-state index in [9.17, 15) is 29.5 Å². The number of aliphatic imine (C=N–C) groups is 1. The highest BCUT2D eigenvalue weighted by Crippen LogP contribution is 2.40. The number of rotatable bonds is 16. The third-order valence-electron chi connectivity index (χ3n) is 13.2. The van der Waals surface area contributed by atoms with Crippen LogP contribution >= 0.6 is 22.7 Å². The van der Waals surface area contributed by atoms with Crippen LogP contribution in [0.2, 0.25) is 0 Å². The smallest absolute Gasteiger partial charge is 0.308 e. The van der Waals surface area contributed by atoms with Crippen LogP contribution < -0.4 is 15.4 Å². The summed E-state index contributed by atoms with van der Waals surface area (Å²) in [6, 6.07) is 20.3. The van der Waals surface area contributed by atoms with E-state index in [-0.39, 0.29) is 45.2 Å². The molecule has 0 spiro atoms. The van der Waals surface area contributed by atoms with E-state index in [0.717, 1.165) is 65.1 Å². The molecule has 8 rings (SSSR count). The van der Waals surface area contributed by atoms with Crippen LogP contribution in [0.3, 0.4) is 0 Å². The molecule has 5 heterocycles. The van der Waals surface area contributed by atoms with Crippen molar-refractivity contribution in [2.24, 2.45) is 10.4 Å². The second-order valence-corrected chi connectivity index (χ2v) is 21.4. The van der Waals surface area contributed by atoms with Crippen LogP contribution in [0.25, 0.3) is 26.6 Å². The van der Waals surface area contributed by atoms with E-state index in [4.69, 9.17) is 19.2 Å². The van der Waals surface area contributed by atoms with Gasteiger partial charge < -0.3 is 34.9 Å². The minimum atomic E-state index is -1.03. The zero-order valence-corrected chi connectivity index (χ0v) is 43.9. The number of β-amino-alcohol motifs (C(OH)–C–C–N with tert-alkyl or cyclic N) is 1. The molecule has 73 heavy (non-hydrogen) atoms. The Morgan fingerprint density at radius 3 is 2.30 bits per heavy atom. The van der Waals surface area contributed by atoms with Crippen molar-refractivity contribution in [3.05, 3.63) is 122 Å². The lowest BCUT2D eigenvalue weighted by Gasteiger charge is -2.35. The number of nitrogens with one attached hydrogen (secondary N) is 2. The second-order valence-electron chi connectivity index (χ2n) is 19.4. The molecule has 5 atom stereocenters. The van der Waals surface area contributed by atoms with Gasteiger partial charge in [0.15, 0.2) is 5.82 Å². The number of esters is 1. The van der Waals surface area contributed by atoms with Gasteiger partial charge in [0.2, 0.25) is 17.7 Å². The van der Waals surface area contributed by atoms with Gasteiger partial charge in [-0.1, -0.05) is 75.4 Å². The predicted molar refractivity (Wildman–Crippen MR) is 278 cm³/mol. The molecule has 2 aliphatic heterocycles. The zero-order valence-electron chi connectivity index (χ0n) is 42.3. The summed E-state index contributed by atoms with van der Waals surface area (Å²) in [5.74, 6) is -0.212. The number of likely N-dealkylation sites (tertiary alicyclic amines) is 1. The number of ether oxygens (including phenoxy) is 3. The molecule has 6 aromatic rings. The molecule has 380 valence electrons. The van der Waals surface area contributed by atoms with Crippen molar-refractivity contribution in [1.29, 1.82) is 5.26 Å². The number of hydrogen-bond donors (Lipinski definition) is 3. The van der Waals surface area contributed by atoms with Crippen molar-refractivity contribution in [2.45, 2.75) is 98.5 Å². The minimum absolute atomic E-state index is 0.000751. The molecular formula is C54H59N9O8S2. The Morgan fingerprint density at radius 1 is 0.932 bits per heavy atom. The minimum Gasteiger partial charge on any atom is -0.490 e. The maximum absolute atomic E-state index is 14.2. The number of hydrogen-bond acceptors (Lipinski definition) is 15. The van der Waals surface area contributed by atoms with Gasteiger partial charge in [0.1, 0.15) is 54.0 Å². The molecule has 3 aromatic heterocycles. The van der Waals surface area contributed by atoms with Crippen LogP contribution in [0.15, 0.2) is 77.2 Å². The molecule has 1 saturated heterocycles. The molecule has 1 fully saturated rings. The lowest BCUT2D eigenvalue weighted by molar-refractivity contribution is -0.144. The van der Waals surface area contributed by atoms with Gasteiger partial charge in [-0.15, -0.1) is 32.9 Å². The van der Waals surface area contributed by atoms with E-state index in [2.05, 4.69) is 45.7 Å². The van der Waals surface area contributed by atoms with E-state index in [1.165, 1.54) is 12.0 Å². The molecule has 3 N–H and O–H groups in total. The Morgan fingerprint density at radius 2 is 1.63 bits per heavy atom. The van der Waals surface area contributed by atoms with Crippen LogP contribution in [0.1, 0.15) is 103 Å². The second kappa shape index (κ2) is 21.9. The average Bonchev–Trinajstić information content (AvgIpc) is 4.14. The molecule has 0 unspecified atom stereocenters. The first-order valence-corrected chi connectivity index (χ1v) is 25.7. The van der Waals surface area contributed by atoms with E-state index in [1.54, 1.807) is 34.8 Å². The molecule has 0 radical (unpaired) electrons. The highest BCUT2D eigenvalue weighted by molar-refractivity contribution is 7.15. The van der Waals surface area contributed by atoms with Gasteiger partial charge in [0.05, 0.1) is 59.6 Å². The summed E-state index contributed by atoms with van der Waals surface area (Å²) in [5.41, 5.74) is 9.48. The maximum atomic E-state index is 14.2. The van der Waals surface area contributed by atoms with Crippen LogP contribution in [-0.2, 0) is 28.7 Å². The van der Waals surface area contributed by atoms with Gasteiger partial charge in [-0.25, -0.2) is 4.98 Å². The number of carbonyl (C=O) groups excluding carboxylic acids is 4. The van der Waals surface area contributed by atoms with E-state index in [1.807, 2.05) is 106 Å². The number of carbonyl (C=O) groups is 4. The van der Waals surface area contributed by atoms with Crippen molar-refractivity contribution >= 4 is 52.1 Å². The van der Waals surface area contributed by atoms with Crippen molar-refractivity contribution in [2.75, 3.05) is 33.5 Å². The molecule has 19 heteroatoms. The highest BCUT2D eigenvalue weighted by atomic mass is 32.1. The highest BCUT2D eigenvalue weighted by Gasteiger charge is 2.45. The number of benzene rings is 3. The van der Waals surface area contributed by atoms with Gasteiger partial charge in [0, 0.05) is 29.0 Å². The summed E-state index contributed by atoms with van der Waals surface area (Å²) >= 11 is 3.19. The van der Waals surface area contributed by atoms with E-state index in [0.29, 0.717) is 23.0 Å². The summed E-state index contributed by atoms with van der Waals surface area (Å²) in [6.45, 7) is 14.9. The number of nitrogens with zero attached hydrogens (tertiary/aromatic N) is 7. The summed E-state index contributed by atoms with van der Waals surface area (Å²) in [7, 11) is 1.35. The third-order valence-corrected chi connectivity index (χ3v) is 15.4. The SMILES string of the molecule is COC(=O)C[C@@H]1N=C(c2ccc(-c3ccc(OCCOCC(=O)N[C@H](C(=O)N4C[C@H](O)C[C@H]4C(=O)N[C@@H](C)c4ccc(-c5scnc5C)cc4)C(C)(C)C)c(C#N)c3)cc2)c2c(sc(C)c2C)-n2c(C)nnc21. The van der Waals surface area contributed by atoms with Crippen LogP contribution in [0.5, 0.6) is 5.75 Å².